The Morgan fingerprint density at radius 1 is 1.33 bits per heavy atom. The van der Waals surface area contributed by atoms with Crippen molar-refractivity contribution in [1.82, 2.24) is 5.32 Å². The molecule has 0 spiro atoms. The molecule has 24 heavy (non-hydrogen) atoms. The van der Waals surface area contributed by atoms with Gasteiger partial charge in [0.1, 0.15) is 5.54 Å². The molecule has 0 aromatic heterocycles. The molecule has 1 atom stereocenters. The Balaban J connectivity index is 1.99. The van der Waals surface area contributed by atoms with Gasteiger partial charge in [-0.2, -0.15) is 18.4 Å². The number of carbonyl (C=O) groups is 2. The third-order valence-corrected chi connectivity index (χ3v) is 3.81. The van der Waals surface area contributed by atoms with E-state index in [9.17, 15) is 22.8 Å². The highest BCUT2D eigenvalue weighted by atomic mass is 19.4. The number of benzene rings is 1. The summed E-state index contributed by atoms with van der Waals surface area (Å²) in [4.78, 5) is 23.6. The molecular weight excluding hydrogens is 325 g/mol. The zero-order valence-corrected chi connectivity index (χ0v) is 12.8. The number of halogens is 3. The number of esters is 1. The number of ether oxygens (including phenoxy) is 1. The van der Waals surface area contributed by atoms with E-state index in [-0.39, 0.29) is 5.92 Å². The zero-order valence-electron chi connectivity index (χ0n) is 12.8. The quantitative estimate of drug-likeness (QED) is 0.836. The van der Waals surface area contributed by atoms with Crippen molar-refractivity contribution in [1.29, 1.82) is 5.26 Å². The number of nitrogens with zero attached hydrogens (tertiary/aromatic N) is 1. The van der Waals surface area contributed by atoms with E-state index >= 15 is 0 Å². The molecule has 1 amide bonds. The average molecular weight is 340 g/mol. The number of amides is 1. The van der Waals surface area contributed by atoms with Gasteiger partial charge in [-0.15, -0.1) is 0 Å². The number of hydrogen-bond donors (Lipinski definition) is 1. The predicted molar refractivity (Wildman–Crippen MR) is 76.6 cm³/mol. The van der Waals surface area contributed by atoms with Crippen LogP contribution < -0.4 is 5.32 Å². The topological polar surface area (TPSA) is 79.2 Å². The molecular formula is C16H15F3N2O3. The Morgan fingerprint density at radius 2 is 1.96 bits per heavy atom. The third-order valence-electron chi connectivity index (χ3n) is 3.81. The van der Waals surface area contributed by atoms with Gasteiger partial charge in [-0.1, -0.05) is 12.1 Å². The highest BCUT2D eigenvalue weighted by Crippen LogP contribution is 2.39. The molecule has 0 heterocycles. The first-order valence-electron chi connectivity index (χ1n) is 7.23. The molecule has 1 aliphatic rings. The van der Waals surface area contributed by atoms with Crippen LogP contribution in [0.4, 0.5) is 13.2 Å². The lowest BCUT2D eigenvalue weighted by Gasteiger charge is -2.22. The zero-order chi connectivity index (χ0) is 18.0. The Hall–Kier alpha value is -2.56. The summed E-state index contributed by atoms with van der Waals surface area (Å²) < 4.78 is 43.2. The molecule has 8 heteroatoms. The summed E-state index contributed by atoms with van der Waals surface area (Å²) in [5, 5.41) is 11.6. The van der Waals surface area contributed by atoms with Gasteiger partial charge in [-0.05, 0) is 37.8 Å². The summed E-state index contributed by atoms with van der Waals surface area (Å²) in [5.74, 6) is -1.94. The number of carbonyl (C=O) groups excluding carboxylic acids is 2. The van der Waals surface area contributed by atoms with Crippen LogP contribution >= 0.6 is 0 Å². The molecule has 1 N–H and O–H groups in total. The fraction of sp³-hybridized carbons (Fsp3) is 0.438. The smallest absolute Gasteiger partial charge is 0.417 e. The molecule has 1 saturated carbocycles. The maximum atomic E-state index is 12.8. The lowest BCUT2D eigenvalue weighted by atomic mass is 9.98. The Kier molecular flexibility index (Phi) is 4.83. The number of nitrogens with one attached hydrogen (secondary N) is 1. The Labute approximate surface area is 136 Å². The van der Waals surface area contributed by atoms with E-state index in [1.165, 1.54) is 6.07 Å². The van der Waals surface area contributed by atoms with Crippen LogP contribution in [-0.2, 0) is 15.7 Å². The second kappa shape index (κ2) is 6.51. The number of rotatable bonds is 5. The minimum atomic E-state index is -4.71. The summed E-state index contributed by atoms with van der Waals surface area (Å²) in [7, 11) is 0. The molecule has 0 unspecified atom stereocenters. The van der Waals surface area contributed by atoms with Crippen molar-refractivity contribution in [2.24, 2.45) is 5.92 Å². The van der Waals surface area contributed by atoms with Crippen LogP contribution in [0, 0.1) is 17.2 Å². The van der Waals surface area contributed by atoms with Crippen LogP contribution in [0.5, 0.6) is 0 Å². The van der Waals surface area contributed by atoms with Gasteiger partial charge in [0.25, 0.3) is 5.91 Å². The van der Waals surface area contributed by atoms with E-state index in [4.69, 9.17) is 5.26 Å². The standard InChI is InChI=1S/C16H15F3N2O3/c1-15(9-20,10-6-7-10)21-13(22)8-24-14(23)11-4-2-3-5-12(11)16(17,18)19/h2-5,10H,6-8H2,1H3,(H,21,22)/t15-/m1/s1. The molecule has 1 aromatic carbocycles. The van der Waals surface area contributed by atoms with Gasteiger partial charge in [0.15, 0.2) is 6.61 Å². The molecule has 0 aliphatic heterocycles. The van der Waals surface area contributed by atoms with Crippen molar-refractivity contribution >= 4 is 11.9 Å². The Bertz CT molecular complexity index is 693. The second-order valence-corrected chi connectivity index (χ2v) is 5.76. The molecule has 1 aliphatic carbocycles. The normalized spacial score (nSPS) is 16.6. The van der Waals surface area contributed by atoms with Crippen LogP contribution in [0.3, 0.4) is 0 Å². The first kappa shape index (κ1) is 17.8. The minimum Gasteiger partial charge on any atom is -0.452 e. The van der Waals surface area contributed by atoms with Crippen LogP contribution in [0.1, 0.15) is 35.7 Å². The first-order chi connectivity index (χ1) is 11.2. The van der Waals surface area contributed by atoms with Gasteiger partial charge in [-0.25, -0.2) is 4.79 Å². The van der Waals surface area contributed by atoms with Crippen molar-refractivity contribution < 1.29 is 27.5 Å². The fourth-order valence-corrected chi connectivity index (χ4v) is 2.32. The van der Waals surface area contributed by atoms with E-state index in [0.717, 1.165) is 31.0 Å². The van der Waals surface area contributed by atoms with Crippen LogP contribution in [0.2, 0.25) is 0 Å². The van der Waals surface area contributed by atoms with Crippen molar-refractivity contribution in [3.63, 3.8) is 0 Å². The van der Waals surface area contributed by atoms with Gasteiger partial charge in [0, 0.05) is 0 Å². The lowest BCUT2D eigenvalue weighted by Crippen LogP contribution is -2.48. The van der Waals surface area contributed by atoms with Crippen molar-refractivity contribution in [2.75, 3.05) is 6.61 Å². The molecule has 0 bridgehead atoms. The number of alkyl halides is 3. The minimum absolute atomic E-state index is 0.0353. The Morgan fingerprint density at radius 3 is 2.50 bits per heavy atom. The summed E-state index contributed by atoms with van der Waals surface area (Å²) in [6.45, 7) is 0.804. The number of hydrogen-bond acceptors (Lipinski definition) is 4. The van der Waals surface area contributed by atoms with Crippen molar-refractivity contribution in [3.8, 4) is 6.07 Å². The maximum absolute atomic E-state index is 12.8. The SMILES string of the molecule is C[C@](C#N)(NC(=O)COC(=O)c1ccccc1C(F)(F)F)C1CC1. The fourth-order valence-electron chi connectivity index (χ4n) is 2.32. The van der Waals surface area contributed by atoms with E-state index in [1.807, 2.05) is 6.07 Å². The molecule has 0 radical (unpaired) electrons. The summed E-state index contributed by atoms with van der Waals surface area (Å²) in [6, 6.07) is 6.16. The van der Waals surface area contributed by atoms with Crippen LogP contribution in [0.15, 0.2) is 24.3 Å². The van der Waals surface area contributed by atoms with Crippen LogP contribution in [0.25, 0.3) is 0 Å². The highest BCUT2D eigenvalue weighted by Gasteiger charge is 2.43. The van der Waals surface area contributed by atoms with Crippen molar-refractivity contribution in [2.45, 2.75) is 31.5 Å². The van der Waals surface area contributed by atoms with E-state index in [0.29, 0.717) is 0 Å². The third kappa shape index (κ3) is 4.04. The van der Waals surface area contributed by atoms with Crippen molar-refractivity contribution in [3.05, 3.63) is 35.4 Å². The summed E-state index contributed by atoms with van der Waals surface area (Å²) in [6.07, 6.45) is -3.09. The molecule has 1 aromatic rings. The van der Waals surface area contributed by atoms with Gasteiger partial charge in [0.2, 0.25) is 0 Å². The maximum Gasteiger partial charge on any atom is 0.417 e. The molecule has 5 nitrogen and oxygen atoms in total. The molecule has 128 valence electrons. The molecule has 1 fully saturated rings. The van der Waals surface area contributed by atoms with E-state index in [1.54, 1.807) is 6.92 Å². The largest absolute Gasteiger partial charge is 0.452 e. The average Bonchev–Trinajstić information content (AvgIpc) is 3.37. The van der Waals surface area contributed by atoms with E-state index in [2.05, 4.69) is 10.1 Å². The van der Waals surface area contributed by atoms with Gasteiger partial charge >= 0.3 is 12.1 Å². The lowest BCUT2D eigenvalue weighted by molar-refractivity contribution is -0.138. The molecule has 2 rings (SSSR count). The van der Waals surface area contributed by atoms with Gasteiger partial charge in [-0.3, -0.25) is 4.79 Å². The summed E-state index contributed by atoms with van der Waals surface area (Å²) in [5.41, 5.74) is -2.86. The first-order valence-corrected chi connectivity index (χ1v) is 7.23. The monoisotopic (exact) mass is 340 g/mol. The highest BCUT2D eigenvalue weighted by molar-refractivity contribution is 5.93. The second-order valence-electron chi connectivity index (χ2n) is 5.76. The van der Waals surface area contributed by atoms with Gasteiger partial charge in [0.05, 0.1) is 17.2 Å². The number of nitriles is 1. The predicted octanol–water partition coefficient (Wildman–Crippen LogP) is 2.67. The van der Waals surface area contributed by atoms with Crippen LogP contribution in [-0.4, -0.2) is 24.0 Å². The molecule has 0 saturated heterocycles. The van der Waals surface area contributed by atoms with Gasteiger partial charge < -0.3 is 10.1 Å². The van der Waals surface area contributed by atoms with E-state index < -0.39 is 41.3 Å². The summed E-state index contributed by atoms with van der Waals surface area (Å²) >= 11 is 0.